The standard InChI is InChI=1S/C18H18ClN3O4/c19-14-6-2-1-5-13(14)15-7-8-16(23)22(20-15)11-17(24)21-9-3-4-12(10-21)18(25)26/h1-2,5-8,12H,3-4,9-11H2,(H,25,26). The summed E-state index contributed by atoms with van der Waals surface area (Å²) in [6.07, 6.45) is 1.18. The molecule has 2 heterocycles. The zero-order chi connectivity index (χ0) is 18.7. The molecular weight excluding hydrogens is 358 g/mol. The number of amides is 1. The lowest BCUT2D eigenvalue weighted by Gasteiger charge is -2.30. The Balaban J connectivity index is 1.80. The van der Waals surface area contributed by atoms with Crippen LogP contribution in [0.4, 0.5) is 0 Å². The molecular formula is C18H18ClN3O4. The van der Waals surface area contributed by atoms with Gasteiger partial charge in [0, 0.05) is 24.7 Å². The van der Waals surface area contributed by atoms with E-state index in [9.17, 15) is 14.4 Å². The topological polar surface area (TPSA) is 92.5 Å². The van der Waals surface area contributed by atoms with Crippen LogP contribution in [0, 0.1) is 5.92 Å². The Bertz CT molecular complexity index is 896. The van der Waals surface area contributed by atoms with Gasteiger partial charge in [0.05, 0.1) is 16.6 Å². The van der Waals surface area contributed by atoms with Crippen molar-refractivity contribution >= 4 is 23.5 Å². The molecule has 1 fully saturated rings. The minimum Gasteiger partial charge on any atom is -0.481 e. The number of halogens is 1. The quantitative estimate of drug-likeness (QED) is 0.880. The fraction of sp³-hybridized carbons (Fsp3) is 0.333. The molecule has 1 aromatic carbocycles. The number of likely N-dealkylation sites (tertiary alicyclic amines) is 1. The average molecular weight is 376 g/mol. The Hall–Kier alpha value is -2.67. The fourth-order valence-corrected chi connectivity index (χ4v) is 3.24. The van der Waals surface area contributed by atoms with Crippen molar-refractivity contribution in [1.82, 2.24) is 14.7 Å². The van der Waals surface area contributed by atoms with E-state index < -0.39 is 17.4 Å². The third-order valence-corrected chi connectivity index (χ3v) is 4.75. The molecule has 1 unspecified atom stereocenters. The summed E-state index contributed by atoms with van der Waals surface area (Å²) in [5.74, 6) is -1.78. The van der Waals surface area contributed by atoms with Crippen LogP contribution in [-0.2, 0) is 16.1 Å². The number of carboxylic acid groups (broad SMARTS) is 1. The summed E-state index contributed by atoms with van der Waals surface area (Å²) in [7, 11) is 0. The van der Waals surface area contributed by atoms with Gasteiger partial charge < -0.3 is 10.0 Å². The molecule has 0 saturated carbocycles. The molecule has 1 atom stereocenters. The zero-order valence-corrected chi connectivity index (χ0v) is 14.7. The smallest absolute Gasteiger partial charge is 0.308 e. The van der Waals surface area contributed by atoms with Crippen molar-refractivity contribution < 1.29 is 14.7 Å². The van der Waals surface area contributed by atoms with Crippen molar-refractivity contribution in [2.24, 2.45) is 5.92 Å². The Morgan fingerprint density at radius 2 is 2.00 bits per heavy atom. The molecule has 1 aliphatic heterocycles. The largest absolute Gasteiger partial charge is 0.481 e. The number of aliphatic carboxylic acids is 1. The van der Waals surface area contributed by atoms with Gasteiger partial charge in [-0.2, -0.15) is 5.10 Å². The third-order valence-electron chi connectivity index (χ3n) is 4.42. The maximum Gasteiger partial charge on any atom is 0.308 e. The zero-order valence-electron chi connectivity index (χ0n) is 14.0. The number of aromatic nitrogens is 2. The van der Waals surface area contributed by atoms with Crippen LogP contribution in [0.1, 0.15) is 12.8 Å². The highest BCUT2D eigenvalue weighted by Gasteiger charge is 2.28. The molecule has 1 saturated heterocycles. The minimum absolute atomic E-state index is 0.160. The molecule has 136 valence electrons. The van der Waals surface area contributed by atoms with E-state index in [-0.39, 0.29) is 19.0 Å². The second kappa shape index (κ2) is 7.70. The number of hydrogen-bond acceptors (Lipinski definition) is 4. The monoisotopic (exact) mass is 375 g/mol. The van der Waals surface area contributed by atoms with E-state index >= 15 is 0 Å². The normalized spacial score (nSPS) is 17.1. The van der Waals surface area contributed by atoms with E-state index in [2.05, 4.69) is 5.10 Å². The molecule has 8 heteroatoms. The fourth-order valence-electron chi connectivity index (χ4n) is 3.01. The maximum atomic E-state index is 12.5. The van der Waals surface area contributed by atoms with Crippen LogP contribution in [0.5, 0.6) is 0 Å². The maximum absolute atomic E-state index is 12.5. The van der Waals surface area contributed by atoms with Crippen LogP contribution in [0.3, 0.4) is 0 Å². The summed E-state index contributed by atoms with van der Waals surface area (Å²) in [6.45, 7) is 0.415. The van der Waals surface area contributed by atoms with Gasteiger partial charge >= 0.3 is 5.97 Å². The first-order valence-electron chi connectivity index (χ1n) is 8.29. The van der Waals surface area contributed by atoms with Crippen LogP contribution in [-0.4, -0.2) is 44.8 Å². The summed E-state index contributed by atoms with van der Waals surface area (Å²) < 4.78 is 1.09. The van der Waals surface area contributed by atoms with Gasteiger partial charge in [0.2, 0.25) is 5.91 Å². The lowest BCUT2D eigenvalue weighted by atomic mass is 9.98. The molecule has 3 rings (SSSR count). The van der Waals surface area contributed by atoms with Gasteiger partial charge in [0.1, 0.15) is 6.54 Å². The third kappa shape index (κ3) is 3.94. The van der Waals surface area contributed by atoms with Crippen molar-refractivity contribution in [2.45, 2.75) is 19.4 Å². The van der Waals surface area contributed by atoms with E-state index in [1.165, 1.54) is 11.0 Å². The summed E-state index contributed by atoms with van der Waals surface area (Å²) in [6, 6.07) is 10.0. The molecule has 1 aliphatic rings. The molecule has 0 aliphatic carbocycles. The van der Waals surface area contributed by atoms with Crippen molar-refractivity contribution in [2.75, 3.05) is 13.1 Å². The van der Waals surface area contributed by atoms with Crippen molar-refractivity contribution in [3.8, 4) is 11.3 Å². The number of rotatable bonds is 4. The van der Waals surface area contributed by atoms with Crippen molar-refractivity contribution in [3.63, 3.8) is 0 Å². The van der Waals surface area contributed by atoms with Crippen LogP contribution in [0.15, 0.2) is 41.2 Å². The van der Waals surface area contributed by atoms with Crippen molar-refractivity contribution in [1.29, 1.82) is 0 Å². The highest BCUT2D eigenvalue weighted by molar-refractivity contribution is 6.33. The van der Waals surface area contributed by atoms with Gasteiger partial charge in [-0.3, -0.25) is 14.4 Å². The number of nitrogens with zero attached hydrogens (tertiary/aromatic N) is 3. The number of benzene rings is 1. The van der Waals surface area contributed by atoms with Gasteiger partial charge in [-0.15, -0.1) is 0 Å². The highest BCUT2D eigenvalue weighted by Crippen LogP contribution is 2.25. The SMILES string of the molecule is O=C(O)C1CCCN(C(=O)Cn2nc(-c3ccccc3Cl)ccc2=O)C1. The number of carbonyl (C=O) groups excluding carboxylic acids is 1. The van der Waals surface area contributed by atoms with E-state index in [1.54, 1.807) is 24.3 Å². The van der Waals surface area contributed by atoms with Gasteiger partial charge in [0.15, 0.2) is 0 Å². The second-order valence-corrected chi connectivity index (χ2v) is 6.62. The van der Waals surface area contributed by atoms with Crippen molar-refractivity contribution in [3.05, 3.63) is 51.8 Å². The molecule has 1 amide bonds. The summed E-state index contributed by atoms with van der Waals surface area (Å²) in [4.78, 5) is 37.2. The Morgan fingerprint density at radius 3 is 2.73 bits per heavy atom. The molecule has 7 nitrogen and oxygen atoms in total. The second-order valence-electron chi connectivity index (χ2n) is 6.21. The van der Waals surface area contributed by atoms with Crippen LogP contribution < -0.4 is 5.56 Å². The molecule has 0 radical (unpaired) electrons. The first kappa shape index (κ1) is 18.1. The average Bonchev–Trinajstić information content (AvgIpc) is 2.64. The number of carbonyl (C=O) groups is 2. The van der Waals surface area contributed by atoms with Crippen LogP contribution >= 0.6 is 11.6 Å². The summed E-state index contributed by atoms with van der Waals surface area (Å²) in [5, 5.41) is 13.9. The molecule has 0 spiro atoms. The lowest BCUT2D eigenvalue weighted by Crippen LogP contribution is -2.44. The van der Waals surface area contributed by atoms with E-state index in [4.69, 9.17) is 16.7 Å². The number of piperidine rings is 1. The summed E-state index contributed by atoms with van der Waals surface area (Å²) >= 11 is 6.17. The Labute approximate surface area is 154 Å². The van der Waals surface area contributed by atoms with E-state index in [0.717, 1.165) is 4.68 Å². The first-order chi connectivity index (χ1) is 12.5. The molecule has 2 aromatic rings. The van der Waals surface area contributed by atoms with Gasteiger partial charge in [-0.05, 0) is 25.0 Å². The number of carboxylic acids is 1. The van der Waals surface area contributed by atoms with Gasteiger partial charge in [0.25, 0.3) is 5.56 Å². The van der Waals surface area contributed by atoms with Gasteiger partial charge in [-0.25, -0.2) is 4.68 Å². The summed E-state index contributed by atoms with van der Waals surface area (Å²) in [5.41, 5.74) is 0.755. The lowest BCUT2D eigenvalue weighted by molar-refractivity contribution is -0.145. The van der Waals surface area contributed by atoms with E-state index in [1.807, 2.05) is 6.07 Å². The predicted octanol–water partition coefficient (Wildman–Crippen LogP) is 1.89. The molecule has 1 aromatic heterocycles. The van der Waals surface area contributed by atoms with Crippen LogP contribution in [0.25, 0.3) is 11.3 Å². The molecule has 1 N–H and O–H groups in total. The van der Waals surface area contributed by atoms with Crippen LogP contribution in [0.2, 0.25) is 5.02 Å². The first-order valence-corrected chi connectivity index (χ1v) is 8.67. The predicted molar refractivity (Wildman–Crippen MR) is 95.9 cm³/mol. The minimum atomic E-state index is -0.904. The van der Waals surface area contributed by atoms with Gasteiger partial charge in [-0.1, -0.05) is 29.8 Å². The Kier molecular flexibility index (Phi) is 5.37. The molecule has 26 heavy (non-hydrogen) atoms. The Morgan fingerprint density at radius 1 is 1.23 bits per heavy atom. The van der Waals surface area contributed by atoms with E-state index in [0.29, 0.717) is 35.7 Å². The molecule has 0 bridgehead atoms. The number of hydrogen-bond donors (Lipinski definition) is 1. The highest BCUT2D eigenvalue weighted by atomic mass is 35.5.